The number of allylic oxidation sites excluding steroid dienone is 6. The first-order valence-electron chi connectivity index (χ1n) is 4.90. The Kier molecular flexibility index (Phi) is 1.57. The summed E-state index contributed by atoms with van der Waals surface area (Å²) in [7, 11) is 0. The van der Waals surface area contributed by atoms with Crippen LogP contribution in [0.4, 0.5) is 0 Å². The maximum Gasteiger partial charge on any atom is 0.254 e. The molecule has 3 aliphatic rings. The average molecular weight is 199 g/mol. The van der Waals surface area contributed by atoms with E-state index in [-0.39, 0.29) is 23.7 Å². The predicted octanol–water partition coefficient (Wildman–Crippen LogP) is 0.868. The first kappa shape index (κ1) is 8.41. The Morgan fingerprint density at radius 1 is 0.933 bits per heavy atom. The second-order valence-corrected chi connectivity index (χ2v) is 3.85. The number of rotatable bonds is 0. The van der Waals surface area contributed by atoms with Crippen LogP contribution in [0.2, 0.25) is 0 Å². The van der Waals surface area contributed by atoms with Crippen LogP contribution in [-0.4, -0.2) is 11.8 Å². The van der Waals surface area contributed by atoms with Gasteiger partial charge in [0, 0.05) is 23.0 Å². The molecule has 2 aliphatic carbocycles. The van der Waals surface area contributed by atoms with Crippen LogP contribution in [-0.2, 0) is 9.59 Å². The molecule has 2 amide bonds. The fourth-order valence-electron chi connectivity index (χ4n) is 2.33. The van der Waals surface area contributed by atoms with Gasteiger partial charge in [-0.25, -0.2) is 0 Å². The molecule has 3 nitrogen and oxygen atoms in total. The van der Waals surface area contributed by atoms with Gasteiger partial charge in [0.05, 0.1) is 0 Å². The number of nitrogens with one attached hydrogen (secondary N) is 1. The van der Waals surface area contributed by atoms with Crippen molar-refractivity contribution in [3.63, 3.8) is 0 Å². The van der Waals surface area contributed by atoms with Crippen molar-refractivity contribution < 1.29 is 9.59 Å². The van der Waals surface area contributed by atoms with Crippen molar-refractivity contribution in [2.45, 2.75) is 0 Å². The van der Waals surface area contributed by atoms with Crippen LogP contribution >= 0.6 is 0 Å². The van der Waals surface area contributed by atoms with Crippen LogP contribution in [0.25, 0.3) is 0 Å². The van der Waals surface area contributed by atoms with Gasteiger partial charge in [-0.3, -0.25) is 14.9 Å². The fraction of sp³-hybridized carbons (Fsp3) is 0.167. The van der Waals surface area contributed by atoms with Gasteiger partial charge in [-0.05, 0) is 0 Å². The van der Waals surface area contributed by atoms with Gasteiger partial charge >= 0.3 is 0 Å². The number of imide groups is 1. The first-order chi connectivity index (χ1) is 7.27. The Labute approximate surface area is 86.9 Å². The first-order valence-corrected chi connectivity index (χ1v) is 4.90. The molecule has 15 heavy (non-hydrogen) atoms. The molecule has 0 aromatic carbocycles. The maximum absolute atomic E-state index is 11.6. The molecule has 1 N–H and O–H groups in total. The molecule has 0 radical (unpaired) electrons. The summed E-state index contributed by atoms with van der Waals surface area (Å²) < 4.78 is 0. The van der Waals surface area contributed by atoms with Crippen LogP contribution in [0, 0.1) is 11.8 Å². The number of hydrogen-bond acceptors (Lipinski definition) is 2. The minimum absolute atomic E-state index is 0.0683. The minimum atomic E-state index is -0.258. The fourth-order valence-corrected chi connectivity index (χ4v) is 2.33. The van der Waals surface area contributed by atoms with Crippen molar-refractivity contribution in [1.29, 1.82) is 0 Å². The van der Waals surface area contributed by atoms with E-state index in [4.69, 9.17) is 0 Å². The van der Waals surface area contributed by atoms with Gasteiger partial charge in [-0.1, -0.05) is 36.5 Å². The zero-order valence-corrected chi connectivity index (χ0v) is 7.94. The highest BCUT2D eigenvalue weighted by Crippen LogP contribution is 2.38. The molecule has 1 saturated heterocycles. The van der Waals surface area contributed by atoms with E-state index in [9.17, 15) is 9.59 Å². The topological polar surface area (TPSA) is 46.2 Å². The second kappa shape index (κ2) is 2.79. The Morgan fingerprint density at radius 2 is 1.47 bits per heavy atom. The molecule has 0 aromatic rings. The van der Waals surface area contributed by atoms with Crippen LogP contribution in [0.3, 0.4) is 0 Å². The number of carbonyl (C=O) groups is 2. The molecule has 0 bridgehead atoms. The molecule has 0 atom stereocenters. The Hall–Kier alpha value is -1.90. The van der Waals surface area contributed by atoms with Crippen molar-refractivity contribution in [1.82, 2.24) is 5.32 Å². The molecule has 74 valence electrons. The van der Waals surface area contributed by atoms with Crippen molar-refractivity contribution in [2.24, 2.45) is 11.8 Å². The van der Waals surface area contributed by atoms with Crippen LogP contribution in [0.15, 0.2) is 47.6 Å². The minimum Gasteiger partial charge on any atom is -0.289 e. The summed E-state index contributed by atoms with van der Waals surface area (Å²) in [4.78, 5) is 23.2. The summed E-state index contributed by atoms with van der Waals surface area (Å²) >= 11 is 0. The largest absolute Gasteiger partial charge is 0.289 e. The van der Waals surface area contributed by atoms with Gasteiger partial charge in [0.1, 0.15) is 0 Å². The van der Waals surface area contributed by atoms with E-state index < -0.39 is 0 Å². The van der Waals surface area contributed by atoms with E-state index in [0.717, 1.165) is 0 Å². The van der Waals surface area contributed by atoms with E-state index in [1.54, 1.807) is 12.2 Å². The molecule has 3 rings (SSSR count). The highest BCUT2D eigenvalue weighted by atomic mass is 16.2. The molecule has 1 heterocycles. The summed E-state index contributed by atoms with van der Waals surface area (Å²) in [5.41, 5.74) is 1.38. The molecular weight excluding hydrogens is 190 g/mol. The van der Waals surface area contributed by atoms with Gasteiger partial charge in [0.2, 0.25) is 0 Å². The lowest BCUT2D eigenvalue weighted by molar-refractivity contribution is -0.128. The SMILES string of the molecule is O=C1NC(=O)C2=CC=CC3C=CC=C1C23. The van der Waals surface area contributed by atoms with E-state index in [0.29, 0.717) is 11.1 Å². The lowest BCUT2D eigenvalue weighted by atomic mass is 9.72. The standard InChI is InChI=1S/C12H9NO2/c14-11-8-5-1-3-7-4-2-6-9(10(7)8)12(15)13-11/h1-7,10H,(H,13,14,15). The van der Waals surface area contributed by atoms with Crippen LogP contribution in [0.1, 0.15) is 0 Å². The molecule has 1 fully saturated rings. The number of piperidine rings is 1. The van der Waals surface area contributed by atoms with Crippen molar-refractivity contribution in [2.75, 3.05) is 0 Å². The second-order valence-electron chi connectivity index (χ2n) is 3.85. The molecule has 1 aliphatic heterocycles. The molecule has 0 aromatic heterocycles. The summed E-state index contributed by atoms with van der Waals surface area (Å²) in [6, 6.07) is 0. The zero-order valence-electron chi connectivity index (χ0n) is 7.94. The van der Waals surface area contributed by atoms with E-state index in [1.165, 1.54) is 0 Å². The number of carbonyl (C=O) groups excluding carboxylic acids is 2. The van der Waals surface area contributed by atoms with E-state index >= 15 is 0 Å². The highest BCUT2D eigenvalue weighted by molar-refractivity contribution is 6.15. The summed E-state index contributed by atoms with van der Waals surface area (Å²) in [5, 5.41) is 2.35. The highest BCUT2D eigenvalue weighted by Gasteiger charge is 2.39. The van der Waals surface area contributed by atoms with Crippen molar-refractivity contribution >= 4 is 11.8 Å². The van der Waals surface area contributed by atoms with Crippen LogP contribution < -0.4 is 5.32 Å². The molecule has 0 unspecified atom stereocenters. The normalized spacial score (nSPS) is 31.7. The smallest absolute Gasteiger partial charge is 0.254 e. The number of hydrogen-bond donors (Lipinski definition) is 1. The van der Waals surface area contributed by atoms with Gasteiger partial charge in [-0.2, -0.15) is 0 Å². The lowest BCUT2D eigenvalue weighted by Crippen LogP contribution is -2.45. The third-order valence-corrected chi connectivity index (χ3v) is 3.02. The van der Waals surface area contributed by atoms with E-state index in [1.807, 2.05) is 24.3 Å². The summed E-state index contributed by atoms with van der Waals surface area (Å²) in [6.07, 6.45) is 11.4. The summed E-state index contributed by atoms with van der Waals surface area (Å²) in [5.74, 6) is -0.431. The maximum atomic E-state index is 11.6. The zero-order chi connectivity index (χ0) is 10.4. The van der Waals surface area contributed by atoms with Gasteiger partial charge in [0.15, 0.2) is 0 Å². The Bertz CT molecular complexity index is 438. The van der Waals surface area contributed by atoms with Crippen molar-refractivity contribution in [3.8, 4) is 0 Å². The average Bonchev–Trinajstić information content (AvgIpc) is 2.25. The molecule has 3 heteroatoms. The molecule has 0 spiro atoms. The monoisotopic (exact) mass is 199 g/mol. The quantitative estimate of drug-likeness (QED) is 0.588. The lowest BCUT2D eigenvalue weighted by Gasteiger charge is -2.34. The third-order valence-electron chi connectivity index (χ3n) is 3.02. The van der Waals surface area contributed by atoms with Crippen LogP contribution in [0.5, 0.6) is 0 Å². The van der Waals surface area contributed by atoms with Gasteiger partial charge < -0.3 is 0 Å². The summed E-state index contributed by atoms with van der Waals surface area (Å²) in [6.45, 7) is 0. The van der Waals surface area contributed by atoms with Crippen molar-refractivity contribution in [3.05, 3.63) is 47.6 Å². The Morgan fingerprint density at radius 3 is 2.00 bits per heavy atom. The molecular formula is C12H9NO2. The van der Waals surface area contributed by atoms with Gasteiger partial charge in [0.25, 0.3) is 11.8 Å². The van der Waals surface area contributed by atoms with E-state index in [2.05, 4.69) is 5.32 Å². The Balaban J connectivity index is 2.17. The number of amides is 2. The predicted molar refractivity (Wildman–Crippen MR) is 54.6 cm³/mol. The third kappa shape index (κ3) is 1.06. The molecule has 0 saturated carbocycles. The van der Waals surface area contributed by atoms with Gasteiger partial charge in [-0.15, -0.1) is 0 Å².